The van der Waals surface area contributed by atoms with Gasteiger partial charge >= 0.3 is 12.4 Å². The number of carbonyl (C=O) groups excluding carboxylic acids is 2. The Morgan fingerprint density at radius 3 is 2.37 bits per heavy atom. The normalized spacial score (nSPS) is 19.1. The van der Waals surface area contributed by atoms with Gasteiger partial charge < -0.3 is 25.6 Å². The third kappa shape index (κ3) is 8.00. The second-order valence-corrected chi connectivity index (χ2v) is 13.2. The third-order valence-electron chi connectivity index (χ3n) is 9.38. The van der Waals surface area contributed by atoms with Gasteiger partial charge in [0.1, 0.15) is 16.7 Å². The lowest BCUT2D eigenvalue weighted by atomic mass is 9.81. The number of anilines is 3. The number of alkyl halides is 6. The van der Waals surface area contributed by atoms with E-state index in [1.54, 1.807) is 54.9 Å². The molecule has 49 heavy (non-hydrogen) atoms. The van der Waals surface area contributed by atoms with Crippen molar-refractivity contribution in [2.45, 2.75) is 57.4 Å². The van der Waals surface area contributed by atoms with Crippen molar-refractivity contribution in [2.75, 3.05) is 44.1 Å². The quantitative estimate of drug-likeness (QED) is 0.183. The third-order valence-corrected chi connectivity index (χ3v) is 9.71. The van der Waals surface area contributed by atoms with Crippen LogP contribution in [0.5, 0.6) is 0 Å². The van der Waals surface area contributed by atoms with Gasteiger partial charge in [0.2, 0.25) is 11.9 Å². The Balaban J connectivity index is 1.34. The molecule has 2 saturated carbocycles. The highest BCUT2D eigenvalue weighted by Crippen LogP contribution is 2.57. The molecule has 10 nitrogen and oxygen atoms in total. The predicted molar refractivity (Wildman–Crippen MR) is 172 cm³/mol. The maximum absolute atomic E-state index is 13.5. The lowest BCUT2D eigenvalue weighted by Crippen LogP contribution is -2.40. The SMILES string of the molecule is COCCN(C)c1nc2c(cc1C(=O)NCC1CCC(C(F)(F)F)CC1)nc(Nc1cc(CNC(=O)C3(C(F)(F)F)CC3)ccc1Cl)n2C. The fourth-order valence-electron chi connectivity index (χ4n) is 6.05. The molecular formula is C32H38ClF6N7O3. The van der Waals surface area contributed by atoms with Gasteiger partial charge in [0.15, 0.2) is 5.65 Å². The lowest BCUT2D eigenvalue weighted by molar-refractivity contribution is -0.192. The summed E-state index contributed by atoms with van der Waals surface area (Å²) >= 11 is 6.43. The molecule has 2 heterocycles. The minimum atomic E-state index is -4.61. The van der Waals surface area contributed by atoms with E-state index < -0.39 is 35.5 Å². The van der Waals surface area contributed by atoms with Crippen LogP contribution in [0.2, 0.25) is 5.02 Å². The molecule has 3 N–H and O–H groups in total. The first-order chi connectivity index (χ1) is 23.0. The number of carbonyl (C=O) groups is 2. The number of nitrogens with zero attached hydrogens (tertiary/aromatic N) is 4. The minimum Gasteiger partial charge on any atom is -0.383 e. The van der Waals surface area contributed by atoms with E-state index >= 15 is 0 Å². The van der Waals surface area contributed by atoms with Gasteiger partial charge in [-0.3, -0.25) is 14.2 Å². The predicted octanol–water partition coefficient (Wildman–Crippen LogP) is 6.51. The van der Waals surface area contributed by atoms with Crippen LogP contribution in [0.15, 0.2) is 24.3 Å². The molecule has 268 valence electrons. The van der Waals surface area contributed by atoms with Gasteiger partial charge in [-0.25, -0.2) is 9.97 Å². The Hall–Kier alpha value is -3.79. The number of pyridine rings is 1. The highest BCUT2D eigenvalue weighted by Gasteiger charge is 2.68. The van der Waals surface area contributed by atoms with E-state index in [-0.39, 0.29) is 55.3 Å². The molecule has 0 bridgehead atoms. The number of aromatic nitrogens is 3. The van der Waals surface area contributed by atoms with E-state index in [0.717, 1.165) is 0 Å². The second kappa shape index (κ2) is 14.2. The fraction of sp³-hybridized carbons (Fsp3) is 0.562. The van der Waals surface area contributed by atoms with Crippen LogP contribution in [-0.4, -0.2) is 72.6 Å². The smallest absolute Gasteiger partial charge is 0.383 e. The maximum atomic E-state index is 13.5. The van der Waals surface area contributed by atoms with Crippen LogP contribution < -0.4 is 20.9 Å². The second-order valence-electron chi connectivity index (χ2n) is 12.8. The number of likely N-dealkylation sites (N-methyl/N-ethyl adjacent to an activating group) is 1. The lowest BCUT2D eigenvalue weighted by Gasteiger charge is -2.30. The average molecular weight is 718 g/mol. The van der Waals surface area contributed by atoms with Crippen molar-refractivity contribution >= 4 is 52.0 Å². The maximum Gasteiger partial charge on any atom is 0.403 e. The molecule has 0 saturated heterocycles. The van der Waals surface area contributed by atoms with Crippen LogP contribution in [0.1, 0.15) is 54.4 Å². The molecular weight excluding hydrogens is 680 g/mol. The zero-order chi connectivity index (χ0) is 35.7. The molecule has 2 fully saturated rings. The van der Waals surface area contributed by atoms with Crippen molar-refractivity contribution < 1.29 is 40.7 Å². The van der Waals surface area contributed by atoms with E-state index in [9.17, 15) is 35.9 Å². The standard InChI is InChI=1S/C32H38ClF6N7O3/c1-45(12-13-49-3)25-21(27(47)40-16-18-4-7-20(8-5-18)31(34,35)36)15-24-26(44-25)46(2)29(43-24)42-23-14-19(6-9-22(23)33)17-41-28(48)30(10-11-30)32(37,38)39/h6,9,14-15,18,20H,4-5,7-8,10-13,16-17H2,1-3H3,(H,40,47)(H,41,48)(H,42,43). The number of nitrogens with one attached hydrogen (secondary N) is 3. The number of aryl methyl sites for hydroxylation is 1. The zero-order valence-electron chi connectivity index (χ0n) is 27.2. The highest BCUT2D eigenvalue weighted by atomic mass is 35.5. The summed E-state index contributed by atoms with van der Waals surface area (Å²) in [5, 5.41) is 8.66. The summed E-state index contributed by atoms with van der Waals surface area (Å²) in [7, 11) is 5.00. The van der Waals surface area contributed by atoms with Gasteiger partial charge in [-0.15, -0.1) is 0 Å². The van der Waals surface area contributed by atoms with Crippen molar-refractivity contribution in [3.63, 3.8) is 0 Å². The van der Waals surface area contributed by atoms with Gasteiger partial charge in [-0.05, 0) is 68.2 Å². The largest absolute Gasteiger partial charge is 0.403 e. The summed E-state index contributed by atoms with van der Waals surface area (Å²) in [6.07, 6.45) is -8.51. The number of halogens is 7. The van der Waals surface area contributed by atoms with Crippen molar-refractivity contribution in [1.29, 1.82) is 0 Å². The number of rotatable bonds is 12. The highest BCUT2D eigenvalue weighted by molar-refractivity contribution is 6.33. The van der Waals surface area contributed by atoms with E-state index in [1.807, 2.05) is 0 Å². The van der Waals surface area contributed by atoms with Crippen LogP contribution in [-0.2, 0) is 23.1 Å². The van der Waals surface area contributed by atoms with E-state index in [1.165, 1.54) is 0 Å². The molecule has 17 heteroatoms. The van der Waals surface area contributed by atoms with E-state index in [0.29, 0.717) is 60.2 Å². The number of methoxy groups -OCH3 is 1. The summed E-state index contributed by atoms with van der Waals surface area (Å²) < 4.78 is 86.2. The monoisotopic (exact) mass is 717 g/mol. The van der Waals surface area contributed by atoms with Crippen molar-refractivity contribution in [3.8, 4) is 0 Å². The zero-order valence-corrected chi connectivity index (χ0v) is 28.0. The molecule has 1 aromatic carbocycles. The number of ether oxygens (including phenoxy) is 1. The minimum absolute atomic E-state index is 0.0343. The van der Waals surface area contributed by atoms with E-state index in [2.05, 4.69) is 20.9 Å². The van der Waals surface area contributed by atoms with Crippen LogP contribution in [0.4, 0.5) is 43.8 Å². The van der Waals surface area contributed by atoms with Crippen molar-refractivity contribution in [3.05, 3.63) is 40.4 Å². The van der Waals surface area contributed by atoms with Crippen LogP contribution in [0.3, 0.4) is 0 Å². The number of amides is 2. The fourth-order valence-corrected chi connectivity index (χ4v) is 6.21. The summed E-state index contributed by atoms with van der Waals surface area (Å²) in [6, 6.07) is 6.31. The first-order valence-electron chi connectivity index (χ1n) is 15.9. The molecule has 2 aliphatic carbocycles. The number of fused-ring (bicyclic) bond motifs is 1. The van der Waals surface area contributed by atoms with Crippen LogP contribution in [0, 0.1) is 17.3 Å². The summed E-state index contributed by atoms with van der Waals surface area (Å²) in [5.41, 5.74) is -0.440. The molecule has 2 amide bonds. The Kier molecular flexibility index (Phi) is 10.6. The first-order valence-corrected chi connectivity index (χ1v) is 16.2. The Bertz CT molecular complexity index is 1680. The Labute approximate surface area is 283 Å². The van der Waals surface area contributed by atoms with Crippen molar-refractivity contribution in [2.24, 2.45) is 24.3 Å². The molecule has 2 aliphatic rings. The molecule has 0 aliphatic heterocycles. The molecule has 3 aromatic rings. The van der Waals surface area contributed by atoms with Gasteiger partial charge in [-0.2, -0.15) is 26.3 Å². The van der Waals surface area contributed by atoms with Gasteiger partial charge in [0, 0.05) is 40.8 Å². The summed E-state index contributed by atoms with van der Waals surface area (Å²) in [5.74, 6) is -2.25. The Morgan fingerprint density at radius 1 is 1.06 bits per heavy atom. The molecule has 2 aromatic heterocycles. The molecule has 0 atom stereocenters. The first kappa shape index (κ1) is 36.5. The molecule has 0 unspecified atom stereocenters. The number of imidazole rings is 1. The van der Waals surface area contributed by atoms with Gasteiger partial charge in [0.05, 0.1) is 28.8 Å². The van der Waals surface area contributed by atoms with Crippen LogP contribution in [0.25, 0.3) is 11.2 Å². The molecule has 0 radical (unpaired) electrons. The van der Waals surface area contributed by atoms with Crippen LogP contribution >= 0.6 is 11.6 Å². The average Bonchev–Trinajstić information content (AvgIpc) is 3.83. The van der Waals surface area contributed by atoms with Crippen molar-refractivity contribution in [1.82, 2.24) is 25.2 Å². The topological polar surface area (TPSA) is 113 Å². The molecule has 5 rings (SSSR count). The number of hydrogen-bond acceptors (Lipinski definition) is 7. The summed E-state index contributed by atoms with van der Waals surface area (Å²) in [4.78, 5) is 37.0. The molecule has 0 spiro atoms. The number of benzene rings is 1. The van der Waals surface area contributed by atoms with Gasteiger partial charge in [0.25, 0.3) is 5.91 Å². The van der Waals surface area contributed by atoms with E-state index in [4.69, 9.17) is 21.3 Å². The summed E-state index contributed by atoms with van der Waals surface area (Å²) in [6.45, 7) is 0.837. The Morgan fingerprint density at radius 2 is 1.76 bits per heavy atom. The number of hydrogen-bond donors (Lipinski definition) is 3. The van der Waals surface area contributed by atoms with Gasteiger partial charge in [-0.1, -0.05) is 17.7 Å².